The number of nitrogens with one attached hydrogen (secondary N) is 1. The van der Waals surface area contributed by atoms with E-state index in [1.807, 2.05) is 23.1 Å². The number of esters is 1. The number of aromatic hydroxyl groups is 1. The number of hydrogen-bond donors (Lipinski definition) is 2. The SMILES string of the molecule is COC(=O)c1ccc2c(C(=Nc3ccc4c(c3)CCN4C(=O)CN3CCN(C)CC3)C3CCC4(CC3)CC4)c(O)[nH]c2c1. The molecule has 4 aliphatic rings. The van der Waals surface area contributed by atoms with E-state index >= 15 is 0 Å². The molecule has 1 saturated heterocycles. The molecule has 0 unspecified atom stereocenters. The topological polar surface area (TPSA) is 101 Å². The zero-order valence-electron chi connectivity index (χ0n) is 25.2. The van der Waals surface area contributed by atoms with Crippen molar-refractivity contribution in [1.82, 2.24) is 14.8 Å². The van der Waals surface area contributed by atoms with Crippen molar-refractivity contribution in [2.45, 2.75) is 44.9 Å². The number of aromatic amines is 1. The van der Waals surface area contributed by atoms with Crippen molar-refractivity contribution < 1.29 is 19.4 Å². The number of fused-ring (bicyclic) bond motifs is 2. The number of carbonyl (C=O) groups excluding carboxylic acids is 2. The predicted molar refractivity (Wildman–Crippen MR) is 168 cm³/mol. The van der Waals surface area contributed by atoms with E-state index in [2.05, 4.69) is 27.9 Å². The third-order valence-electron chi connectivity index (χ3n) is 10.3. The number of likely N-dealkylation sites (N-methyl/N-ethyl adjacent to an activating group) is 1. The molecule has 1 aromatic heterocycles. The van der Waals surface area contributed by atoms with Crippen LogP contribution in [-0.4, -0.2) is 90.9 Å². The van der Waals surface area contributed by atoms with Gasteiger partial charge in [-0.05, 0) is 93.3 Å². The van der Waals surface area contributed by atoms with E-state index in [0.717, 1.165) is 73.5 Å². The monoisotopic (exact) mass is 583 g/mol. The summed E-state index contributed by atoms with van der Waals surface area (Å²) in [7, 11) is 3.49. The van der Waals surface area contributed by atoms with Crippen LogP contribution in [0.3, 0.4) is 0 Å². The quantitative estimate of drug-likeness (QED) is 0.317. The van der Waals surface area contributed by atoms with Gasteiger partial charge >= 0.3 is 5.97 Å². The molecule has 2 N–H and O–H groups in total. The highest BCUT2D eigenvalue weighted by Crippen LogP contribution is 2.57. The zero-order chi connectivity index (χ0) is 29.7. The second-order valence-electron chi connectivity index (χ2n) is 13.1. The molecule has 0 atom stereocenters. The van der Waals surface area contributed by atoms with E-state index in [1.54, 1.807) is 12.1 Å². The number of piperazine rings is 1. The van der Waals surface area contributed by atoms with E-state index in [9.17, 15) is 14.7 Å². The molecule has 3 fully saturated rings. The standard InChI is InChI=1S/C34H41N5O4/c1-37-15-17-38(18-16-37)21-29(40)39-14-9-23-19-25(4-6-28(23)39)35-31(22-7-10-34(11-8-22)12-13-34)30-26-5-3-24(33(42)43-2)20-27(26)36-32(30)41/h3-6,19-20,22,36,41H,7-18,21H2,1-2H3. The van der Waals surface area contributed by atoms with Gasteiger partial charge in [-0.3, -0.25) is 14.7 Å². The van der Waals surface area contributed by atoms with Gasteiger partial charge in [-0.1, -0.05) is 6.07 Å². The lowest BCUT2D eigenvalue weighted by Gasteiger charge is -2.32. The van der Waals surface area contributed by atoms with E-state index in [1.165, 1.54) is 32.8 Å². The number of benzene rings is 2. The van der Waals surface area contributed by atoms with Crippen LogP contribution >= 0.6 is 0 Å². The summed E-state index contributed by atoms with van der Waals surface area (Å²) in [4.78, 5) is 40.3. The second kappa shape index (κ2) is 11.1. The molecule has 9 heteroatoms. The van der Waals surface area contributed by atoms with Gasteiger partial charge in [0, 0.05) is 55.2 Å². The maximum atomic E-state index is 13.3. The molecule has 0 radical (unpaired) electrons. The number of hydrogen-bond acceptors (Lipinski definition) is 7. The summed E-state index contributed by atoms with van der Waals surface area (Å²) >= 11 is 0. The molecule has 226 valence electrons. The average Bonchev–Trinajstić information content (AvgIpc) is 3.49. The number of anilines is 1. The number of nitrogens with zero attached hydrogens (tertiary/aromatic N) is 4. The average molecular weight is 584 g/mol. The first kappa shape index (κ1) is 28.1. The first-order valence-corrected chi connectivity index (χ1v) is 15.7. The fourth-order valence-electron chi connectivity index (χ4n) is 7.36. The summed E-state index contributed by atoms with van der Waals surface area (Å²) in [6.45, 7) is 4.98. The third kappa shape index (κ3) is 5.45. The summed E-state index contributed by atoms with van der Waals surface area (Å²) in [5, 5.41) is 12.1. The number of carbonyl (C=O) groups is 2. The summed E-state index contributed by atoms with van der Waals surface area (Å²) in [5.74, 6) is 0.0461. The molecule has 9 nitrogen and oxygen atoms in total. The Morgan fingerprint density at radius 1 is 1.02 bits per heavy atom. The van der Waals surface area contributed by atoms with Crippen molar-refractivity contribution >= 4 is 39.9 Å². The van der Waals surface area contributed by atoms with Gasteiger partial charge in [0.15, 0.2) is 5.88 Å². The minimum Gasteiger partial charge on any atom is -0.494 e. The van der Waals surface area contributed by atoms with E-state index in [0.29, 0.717) is 35.1 Å². The molecule has 3 aromatic rings. The molecule has 43 heavy (non-hydrogen) atoms. The molecular formula is C34H41N5O4. The van der Waals surface area contributed by atoms with Crippen molar-refractivity contribution in [1.29, 1.82) is 0 Å². The molecule has 3 heterocycles. The Labute approximate surface area is 252 Å². The number of rotatable bonds is 6. The molecule has 1 amide bonds. The van der Waals surface area contributed by atoms with Crippen LogP contribution in [0.15, 0.2) is 41.4 Å². The zero-order valence-corrected chi connectivity index (χ0v) is 25.2. The lowest BCUT2D eigenvalue weighted by molar-refractivity contribution is -0.120. The first-order chi connectivity index (χ1) is 20.8. The molecule has 7 rings (SSSR count). The largest absolute Gasteiger partial charge is 0.494 e. The second-order valence-corrected chi connectivity index (χ2v) is 13.1. The van der Waals surface area contributed by atoms with Gasteiger partial charge in [0.25, 0.3) is 0 Å². The maximum Gasteiger partial charge on any atom is 0.337 e. The van der Waals surface area contributed by atoms with Gasteiger partial charge in [0.2, 0.25) is 5.91 Å². The summed E-state index contributed by atoms with van der Waals surface area (Å²) in [6, 6.07) is 11.5. The van der Waals surface area contributed by atoms with Gasteiger partial charge < -0.3 is 24.6 Å². The Morgan fingerprint density at radius 3 is 2.51 bits per heavy atom. The Balaban J connectivity index is 1.19. The van der Waals surface area contributed by atoms with E-state index in [4.69, 9.17) is 9.73 Å². The van der Waals surface area contributed by atoms with Crippen LogP contribution < -0.4 is 4.90 Å². The molecule has 0 bridgehead atoms. The Morgan fingerprint density at radius 2 is 1.79 bits per heavy atom. The molecule has 1 spiro atoms. The highest BCUT2D eigenvalue weighted by molar-refractivity contribution is 6.15. The normalized spacial score (nSPS) is 21.0. The van der Waals surface area contributed by atoms with Gasteiger partial charge in [0.05, 0.1) is 36.2 Å². The number of ether oxygens (including phenoxy) is 1. The van der Waals surface area contributed by atoms with Crippen molar-refractivity contribution in [2.24, 2.45) is 16.3 Å². The lowest BCUT2D eigenvalue weighted by atomic mass is 9.76. The third-order valence-corrected chi connectivity index (χ3v) is 10.3. The van der Waals surface area contributed by atoms with Crippen molar-refractivity contribution in [3.63, 3.8) is 0 Å². The van der Waals surface area contributed by atoms with Gasteiger partial charge in [-0.15, -0.1) is 0 Å². The van der Waals surface area contributed by atoms with Crippen molar-refractivity contribution in [3.8, 4) is 5.88 Å². The van der Waals surface area contributed by atoms with E-state index < -0.39 is 5.97 Å². The number of amides is 1. The highest BCUT2D eigenvalue weighted by Gasteiger charge is 2.46. The molecule has 2 aliphatic carbocycles. The van der Waals surface area contributed by atoms with Crippen LogP contribution in [0, 0.1) is 11.3 Å². The van der Waals surface area contributed by atoms with Crippen molar-refractivity contribution in [3.05, 3.63) is 53.1 Å². The summed E-state index contributed by atoms with van der Waals surface area (Å²) in [5.41, 5.74) is 6.22. The van der Waals surface area contributed by atoms with Crippen LogP contribution in [-0.2, 0) is 16.0 Å². The van der Waals surface area contributed by atoms with Gasteiger partial charge in [0.1, 0.15) is 0 Å². The molecule has 2 saturated carbocycles. The fraction of sp³-hybridized carbons (Fsp3) is 0.500. The number of H-pyrrole nitrogens is 1. The minimum absolute atomic E-state index is 0.0734. The molecule has 2 aliphatic heterocycles. The first-order valence-electron chi connectivity index (χ1n) is 15.7. The number of aromatic nitrogens is 1. The van der Waals surface area contributed by atoms with Crippen LogP contribution in [0.5, 0.6) is 5.88 Å². The Bertz CT molecular complexity index is 1590. The summed E-state index contributed by atoms with van der Waals surface area (Å²) < 4.78 is 4.90. The van der Waals surface area contributed by atoms with Crippen LogP contribution in [0.25, 0.3) is 10.9 Å². The molecule has 2 aromatic carbocycles. The number of aliphatic imine (C=N–C) groups is 1. The molecular weight excluding hydrogens is 542 g/mol. The van der Waals surface area contributed by atoms with Crippen LogP contribution in [0.1, 0.15) is 60.0 Å². The minimum atomic E-state index is -0.414. The predicted octanol–water partition coefficient (Wildman–Crippen LogP) is 4.89. The van der Waals surface area contributed by atoms with Gasteiger partial charge in [-0.25, -0.2) is 4.79 Å². The summed E-state index contributed by atoms with van der Waals surface area (Å²) in [6.07, 6.45) is 7.95. The smallest absolute Gasteiger partial charge is 0.337 e. The maximum absolute atomic E-state index is 13.3. The van der Waals surface area contributed by atoms with Crippen LogP contribution in [0.2, 0.25) is 0 Å². The Kier molecular flexibility index (Phi) is 7.26. The van der Waals surface area contributed by atoms with E-state index in [-0.39, 0.29) is 17.7 Å². The Hall–Kier alpha value is -3.69. The fourth-order valence-corrected chi connectivity index (χ4v) is 7.36. The lowest BCUT2D eigenvalue weighted by Crippen LogP contribution is -2.48. The van der Waals surface area contributed by atoms with Crippen LogP contribution in [0.4, 0.5) is 11.4 Å². The van der Waals surface area contributed by atoms with Crippen molar-refractivity contribution in [2.75, 3.05) is 58.3 Å². The number of methoxy groups -OCH3 is 1. The highest BCUT2D eigenvalue weighted by atomic mass is 16.5. The van der Waals surface area contributed by atoms with Gasteiger partial charge in [-0.2, -0.15) is 0 Å².